The normalized spacial score (nSPS) is 10.6. The van der Waals surface area contributed by atoms with E-state index in [1.54, 1.807) is 6.07 Å². The van der Waals surface area contributed by atoms with Gasteiger partial charge in [-0.1, -0.05) is 62.8 Å². The highest BCUT2D eigenvalue weighted by atomic mass is 35.5. The van der Waals surface area contributed by atoms with Crippen molar-refractivity contribution in [1.82, 2.24) is 0 Å². The Hall–Kier alpha value is -0.730. The van der Waals surface area contributed by atoms with Gasteiger partial charge in [-0.25, -0.2) is 0 Å². The summed E-state index contributed by atoms with van der Waals surface area (Å²) in [5, 5.41) is 9.78. The van der Waals surface area contributed by atoms with Crippen LogP contribution in [-0.2, 0) is 6.61 Å². The SMILES string of the molecule is CCCCCCCCOc1c(Cl)cccc1CO. The molecular weight excluding hydrogens is 248 g/mol. The van der Waals surface area contributed by atoms with Crippen molar-refractivity contribution in [2.75, 3.05) is 6.61 Å². The minimum atomic E-state index is -0.0353. The zero-order valence-electron chi connectivity index (χ0n) is 11.1. The molecule has 0 aromatic heterocycles. The van der Waals surface area contributed by atoms with E-state index in [-0.39, 0.29) is 6.61 Å². The number of hydrogen-bond acceptors (Lipinski definition) is 2. The van der Waals surface area contributed by atoms with E-state index in [4.69, 9.17) is 16.3 Å². The standard InChI is InChI=1S/C15H23ClO2/c1-2-3-4-5-6-7-11-18-15-13(12-17)9-8-10-14(15)16/h8-10,17H,2-7,11-12H2,1H3. The Balaban J connectivity index is 2.26. The zero-order valence-corrected chi connectivity index (χ0v) is 11.9. The summed E-state index contributed by atoms with van der Waals surface area (Å²) >= 11 is 6.05. The Labute approximate surface area is 115 Å². The maximum absolute atomic E-state index is 9.20. The molecule has 2 nitrogen and oxygen atoms in total. The van der Waals surface area contributed by atoms with Gasteiger partial charge >= 0.3 is 0 Å². The van der Waals surface area contributed by atoms with Gasteiger partial charge in [0.25, 0.3) is 0 Å². The van der Waals surface area contributed by atoms with Crippen LogP contribution in [0.1, 0.15) is 51.0 Å². The first-order chi connectivity index (χ1) is 8.79. The lowest BCUT2D eigenvalue weighted by Gasteiger charge is -2.11. The third kappa shape index (κ3) is 5.28. The van der Waals surface area contributed by atoms with Gasteiger partial charge < -0.3 is 9.84 Å². The summed E-state index contributed by atoms with van der Waals surface area (Å²) in [5.74, 6) is 0.634. The predicted molar refractivity (Wildman–Crippen MR) is 76.2 cm³/mol. The zero-order chi connectivity index (χ0) is 13.2. The number of aliphatic hydroxyl groups is 1. The second-order valence-electron chi connectivity index (χ2n) is 4.50. The molecule has 3 heteroatoms. The Kier molecular flexibility index (Phi) is 7.86. The number of aliphatic hydroxyl groups excluding tert-OH is 1. The Morgan fingerprint density at radius 2 is 1.83 bits per heavy atom. The number of ether oxygens (including phenoxy) is 1. The number of rotatable bonds is 9. The van der Waals surface area contributed by atoms with Crippen LogP contribution in [0.3, 0.4) is 0 Å². The second-order valence-corrected chi connectivity index (χ2v) is 4.91. The first kappa shape index (κ1) is 15.3. The van der Waals surface area contributed by atoms with Gasteiger partial charge in [-0.15, -0.1) is 0 Å². The summed E-state index contributed by atoms with van der Waals surface area (Å²) in [6, 6.07) is 5.45. The summed E-state index contributed by atoms with van der Waals surface area (Å²) in [5.41, 5.74) is 0.758. The molecule has 0 saturated carbocycles. The van der Waals surface area contributed by atoms with E-state index in [2.05, 4.69) is 6.92 Å². The van der Waals surface area contributed by atoms with Gasteiger partial charge in [-0.3, -0.25) is 0 Å². The highest BCUT2D eigenvalue weighted by molar-refractivity contribution is 6.32. The molecule has 0 saturated heterocycles. The van der Waals surface area contributed by atoms with Crippen LogP contribution in [0.25, 0.3) is 0 Å². The summed E-state index contributed by atoms with van der Waals surface area (Å²) < 4.78 is 5.67. The van der Waals surface area contributed by atoms with Crippen LogP contribution in [0.5, 0.6) is 5.75 Å². The average Bonchev–Trinajstić information content (AvgIpc) is 2.39. The van der Waals surface area contributed by atoms with Gasteiger partial charge in [0.1, 0.15) is 5.75 Å². The minimum Gasteiger partial charge on any atom is -0.492 e. The first-order valence-corrected chi connectivity index (χ1v) is 7.18. The summed E-state index contributed by atoms with van der Waals surface area (Å²) in [6.45, 7) is 2.85. The van der Waals surface area contributed by atoms with Crippen molar-refractivity contribution in [2.45, 2.75) is 52.1 Å². The maximum atomic E-state index is 9.20. The number of hydrogen-bond donors (Lipinski definition) is 1. The molecule has 0 unspecified atom stereocenters. The Bertz CT molecular complexity index is 339. The third-order valence-corrected chi connectivity index (χ3v) is 3.26. The van der Waals surface area contributed by atoms with Gasteiger partial charge in [-0.2, -0.15) is 0 Å². The summed E-state index contributed by atoms with van der Waals surface area (Å²) in [4.78, 5) is 0. The molecule has 0 aliphatic rings. The predicted octanol–water partition coefficient (Wildman–Crippen LogP) is 4.57. The van der Waals surface area contributed by atoms with E-state index in [1.165, 1.54) is 32.1 Å². The van der Waals surface area contributed by atoms with Crippen LogP contribution in [0, 0.1) is 0 Å². The maximum Gasteiger partial charge on any atom is 0.143 e. The van der Waals surface area contributed by atoms with Crippen molar-refractivity contribution in [3.8, 4) is 5.75 Å². The lowest BCUT2D eigenvalue weighted by atomic mass is 10.1. The molecule has 18 heavy (non-hydrogen) atoms. The average molecular weight is 271 g/mol. The molecule has 1 N–H and O–H groups in total. The number of unbranched alkanes of at least 4 members (excludes halogenated alkanes) is 5. The molecule has 0 aliphatic carbocycles. The molecule has 0 heterocycles. The highest BCUT2D eigenvalue weighted by Gasteiger charge is 2.06. The van der Waals surface area contributed by atoms with E-state index < -0.39 is 0 Å². The fourth-order valence-corrected chi connectivity index (χ4v) is 2.14. The van der Waals surface area contributed by atoms with E-state index in [0.29, 0.717) is 17.4 Å². The second kappa shape index (κ2) is 9.23. The molecule has 0 atom stereocenters. The molecule has 0 radical (unpaired) electrons. The molecule has 0 fully saturated rings. The van der Waals surface area contributed by atoms with E-state index in [1.807, 2.05) is 12.1 Å². The van der Waals surface area contributed by atoms with E-state index >= 15 is 0 Å². The van der Waals surface area contributed by atoms with Crippen LogP contribution in [0.4, 0.5) is 0 Å². The lowest BCUT2D eigenvalue weighted by molar-refractivity contribution is 0.260. The minimum absolute atomic E-state index is 0.0353. The lowest BCUT2D eigenvalue weighted by Crippen LogP contribution is -2.01. The van der Waals surface area contributed by atoms with Crippen molar-refractivity contribution in [1.29, 1.82) is 0 Å². The molecule has 1 aromatic carbocycles. The summed E-state index contributed by atoms with van der Waals surface area (Å²) in [6.07, 6.45) is 7.41. The largest absolute Gasteiger partial charge is 0.492 e. The van der Waals surface area contributed by atoms with Crippen molar-refractivity contribution >= 4 is 11.6 Å². The van der Waals surface area contributed by atoms with Crippen molar-refractivity contribution < 1.29 is 9.84 Å². The monoisotopic (exact) mass is 270 g/mol. The Morgan fingerprint density at radius 1 is 1.11 bits per heavy atom. The van der Waals surface area contributed by atoms with Gasteiger partial charge in [0, 0.05) is 5.56 Å². The molecule has 0 bridgehead atoms. The fourth-order valence-electron chi connectivity index (χ4n) is 1.90. The fraction of sp³-hybridized carbons (Fsp3) is 0.600. The number of halogens is 1. The van der Waals surface area contributed by atoms with Gasteiger partial charge in [-0.05, 0) is 12.5 Å². The Morgan fingerprint density at radius 3 is 2.56 bits per heavy atom. The van der Waals surface area contributed by atoms with Crippen LogP contribution in [0.2, 0.25) is 5.02 Å². The van der Waals surface area contributed by atoms with E-state index in [9.17, 15) is 5.11 Å². The van der Waals surface area contributed by atoms with Crippen LogP contribution < -0.4 is 4.74 Å². The van der Waals surface area contributed by atoms with Crippen LogP contribution in [-0.4, -0.2) is 11.7 Å². The number of benzene rings is 1. The topological polar surface area (TPSA) is 29.5 Å². The molecule has 0 aliphatic heterocycles. The molecule has 102 valence electrons. The molecular formula is C15H23ClO2. The van der Waals surface area contributed by atoms with Gasteiger partial charge in [0.2, 0.25) is 0 Å². The highest BCUT2D eigenvalue weighted by Crippen LogP contribution is 2.28. The van der Waals surface area contributed by atoms with Gasteiger partial charge in [0.15, 0.2) is 0 Å². The van der Waals surface area contributed by atoms with Crippen LogP contribution in [0.15, 0.2) is 18.2 Å². The smallest absolute Gasteiger partial charge is 0.143 e. The molecule has 1 rings (SSSR count). The summed E-state index contributed by atoms with van der Waals surface area (Å²) in [7, 11) is 0. The van der Waals surface area contributed by atoms with Crippen molar-refractivity contribution in [2.24, 2.45) is 0 Å². The van der Waals surface area contributed by atoms with Crippen LogP contribution >= 0.6 is 11.6 Å². The number of para-hydroxylation sites is 1. The van der Waals surface area contributed by atoms with E-state index in [0.717, 1.165) is 12.0 Å². The molecule has 0 spiro atoms. The molecule has 1 aromatic rings. The van der Waals surface area contributed by atoms with Crippen molar-refractivity contribution in [3.63, 3.8) is 0 Å². The molecule has 0 amide bonds. The first-order valence-electron chi connectivity index (χ1n) is 6.80. The quantitative estimate of drug-likeness (QED) is 0.666. The van der Waals surface area contributed by atoms with Gasteiger partial charge in [0.05, 0.1) is 18.2 Å². The third-order valence-electron chi connectivity index (χ3n) is 2.96. The van der Waals surface area contributed by atoms with Crippen molar-refractivity contribution in [3.05, 3.63) is 28.8 Å².